The van der Waals surface area contributed by atoms with Gasteiger partial charge in [0.2, 0.25) is 5.91 Å². The first kappa shape index (κ1) is 59.6. The average molecular weight is 1120 g/mol. The van der Waals surface area contributed by atoms with Crippen molar-refractivity contribution in [1.29, 1.82) is 0 Å². The lowest BCUT2D eigenvalue weighted by molar-refractivity contribution is -0.221. The molecule has 428 valence electrons. The van der Waals surface area contributed by atoms with Crippen LogP contribution in [0.25, 0.3) is 11.3 Å². The van der Waals surface area contributed by atoms with E-state index in [4.69, 9.17) is 4.74 Å². The number of piperazine rings is 1. The van der Waals surface area contributed by atoms with Gasteiger partial charge < -0.3 is 40.2 Å². The van der Waals surface area contributed by atoms with Crippen LogP contribution in [0.3, 0.4) is 0 Å². The maximum absolute atomic E-state index is 16.2. The molecule has 0 bridgehead atoms. The van der Waals surface area contributed by atoms with Gasteiger partial charge in [-0.2, -0.15) is 31.4 Å². The van der Waals surface area contributed by atoms with E-state index in [2.05, 4.69) is 51.9 Å². The van der Waals surface area contributed by atoms with E-state index in [9.17, 15) is 50.6 Å². The van der Waals surface area contributed by atoms with Crippen molar-refractivity contribution in [2.75, 3.05) is 65.1 Å². The van der Waals surface area contributed by atoms with E-state index >= 15 is 8.78 Å². The van der Waals surface area contributed by atoms with Crippen LogP contribution in [0.5, 0.6) is 0 Å². The summed E-state index contributed by atoms with van der Waals surface area (Å²) in [5.41, 5.74) is -3.10. The molecule has 1 saturated carbocycles. The number of amides is 4. The lowest BCUT2D eigenvalue weighted by atomic mass is 9.82. The minimum absolute atomic E-state index is 0.00561. The summed E-state index contributed by atoms with van der Waals surface area (Å²) in [5, 5.41) is 23.2. The minimum atomic E-state index is -5.18. The molecule has 0 radical (unpaired) electrons. The predicted molar refractivity (Wildman–Crippen MR) is 269 cm³/mol. The van der Waals surface area contributed by atoms with Gasteiger partial charge in [0, 0.05) is 73.9 Å². The molecule has 7 rings (SSSR count). The fraction of sp³-hybridized carbons (Fsp3) is 0.509. The van der Waals surface area contributed by atoms with E-state index < -0.39 is 108 Å². The summed E-state index contributed by atoms with van der Waals surface area (Å²) >= 11 is 0. The third-order valence-corrected chi connectivity index (χ3v) is 14.4. The van der Waals surface area contributed by atoms with Crippen LogP contribution >= 0.6 is 0 Å². The number of halogens is 8. The highest BCUT2D eigenvalue weighted by Gasteiger charge is 2.57. The zero-order valence-corrected chi connectivity index (χ0v) is 44.1. The number of aliphatic hydroxyl groups excluding tert-OH is 1. The molecule has 3 aliphatic rings. The van der Waals surface area contributed by atoms with Crippen molar-refractivity contribution >= 4 is 29.8 Å². The van der Waals surface area contributed by atoms with E-state index in [1.807, 2.05) is 22.8 Å². The number of alkyl halides is 6. The second kappa shape index (κ2) is 24.5. The molecule has 4 atom stereocenters. The van der Waals surface area contributed by atoms with Crippen LogP contribution in [-0.2, 0) is 36.8 Å². The number of hydrogen-bond acceptors (Lipinski definition) is 13. The van der Waals surface area contributed by atoms with Gasteiger partial charge in [0.25, 0.3) is 5.91 Å². The van der Waals surface area contributed by atoms with E-state index in [1.165, 1.54) is 18.2 Å². The number of hydrogen-bond donors (Lipinski definition) is 5. The first-order chi connectivity index (χ1) is 37.2. The van der Waals surface area contributed by atoms with E-state index in [-0.39, 0.29) is 17.3 Å². The zero-order valence-electron chi connectivity index (χ0n) is 44.1. The third kappa shape index (κ3) is 14.6. The summed E-state index contributed by atoms with van der Waals surface area (Å²) < 4.78 is 136. The topological polar surface area (TPSA) is 205 Å². The number of nitrogens with one attached hydrogen (secondary N) is 4. The number of nitrogens with zero attached hydrogens (tertiary/aromatic N) is 6. The Morgan fingerprint density at radius 3 is 1.84 bits per heavy atom. The number of alkyl carbamates (subject to hydrolysis) is 2. The van der Waals surface area contributed by atoms with Crippen molar-refractivity contribution in [2.45, 2.75) is 102 Å². The second-order valence-electron chi connectivity index (χ2n) is 20.7. The molecule has 18 nitrogen and oxygen atoms in total. The fourth-order valence-corrected chi connectivity index (χ4v) is 8.75. The molecule has 2 aliphatic heterocycles. The Morgan fingerprint density at radius 2 is 1.33 bits per heavy atom. The smallest absolute Gasteiger partial charge is 0.407 e. The van der Waals surface area contributed by atoms with Crippen LogP contribution in [0.1, 0.15) is 68.8 Å². The Hall–Kier alpha value is -7.08. The monoisotopic (exact) mass is 1120 g/mol. The molecule has 0 spiro atoms. The van der Waals surface area contributed by atoms with E-state index in [0.717, 1.165) is 84.4 Å². The molecule has 5 N–H and O–H groups in total. The lowest BCUT2D eigenvalue weighted by Gasteiger charge is -2.42. The van der Waals surface area contributed by atoms with Gasteiger partial charge in [-0.05, 0) is 95.0 Å². The van der Waals surface area contributed by atoms with Crippen molar-refractivity contribution in [1.82, 2.24) is 46.0 Å². The SMILES string of the molecule is COC(=O)N[C@H](C(=O)N[C@@H](Cc1ccc(C#Cc2ccc(N3CCN(C4COC4)CC3)nc2)cc1)[C@@H](O)CN(Cc1c(F)cc(-c2ccn(C3CC3)n2)cc1F)NC(=O)[C@@H](NC(=O)OC)C(C)(C)C(F)(F)F)C(C)(C)C(F)(F)F. The Labute approximate surface area is 450 Å². The summed E-state index contributed by atoms with van der Waals surface area (Å²) in [5.74, 6) is 1.31. The van der Waals surface area contributed by atoms with Gasteiger partial charge in [0.1, 0.15) is 29.5 Å². The standard InChI is InChI=1S/C53H62F8N10O8/c1-50(2,52(56,57)58)44(64-48(75)77-5)46(73)63-41(23-32-10-7-31(8-11-32)9-12-33-13-16-43(62-26-33)69-21-19-68(20-22-69)36-29-79-30-36)42(72)28-70(67-47(74)45(65-49(76)78-6)51(3,4)53(59,60)61)27-37-38(54)24-34(25-39(37)55)40-17-18-71(66-40)35-14-15-35/h7-8,10-11,13,16-18,24-26,35-36,41-42,44-45,72H,14-15,19-23,27-30H2,1-6H3,(H,63,73)(H,64,75)(H,65,76)(H,67,74)/t41-,42-,44+,45+/m0/s1. The Kier molecular flexibility index (Phi) is 18.5. The Morgan fingerprint density at radius 1 is 0.772 bits per heavy atom. The number of carbonyl (C=O) groups is 4. The number of methoxy groups -OCH3 is 2. The van der Waals surface area contributed by atoms with Gasteiger partial charge in [-0.25, -0.2) is 28.4 Å². The molecular weight excluding hydrogens is 1060 g/mol. The first-order valence-electron chi connectivity index (χ1n) is 25.2. The summed E-state index contributed by atoms with van der Waals surface area (Å²) in [7, 11) is 1.67. The van der Waals surface area contributed by atoms with Crippen molar-refractivity contribution in [3.63, 3.8) is 0 Å². The number of carbonyl (C=O) groups excluding carboxylic acids is 4. The zero-order chi connectivity index (χ0) is 57.6. The molecule has 26 heteroatoms. The largest absolute Gasteiger partial charge is 0.453 e. The van der Waals surface area contributed by atoms with Crippen LogP contribution in [0.15, 0.2) is 67.0 Å². The van der Waals surface area contributed by atoms with E-state index in [1.54, 1.807) is 29.2 Å². The van der Waals surface area contributed by atoms with E-state index in [0.29, 0.717) is 55.4 Å². The number of hydrazine groups is 1. The second-order valence-corrected chi connectivity index (χ2v) is 20.7. The van der Waals surface area contributed by atoms with Crippen molar-refractivity contribution in [3.05, 3.63) is 101 Å². The van der Waals surface area contributed by atoms with Gasteiger partial charge in [0.15, 0.2) is 0 Å². The predicted octanol–water partition coefficient (Wildman–Crippen LogP) is 6.03. The summed E-state index contributed by atoms with van der Waals surface area (Å²) in [6, 6.07) is 7.25. The molecule has 4 amide bonds. The summed E-state index contributed by atoms with van der Waals surface area (Å²) in [6.45, 7) is 5.23. The molecule has 3 fully saturated rings. The average Bonchev–Trinajstić information content (AvgIpc) is 4.19. The number of ether oxygens (including phenoxy) is 3. The quantitative estimate of drug-likeness (QED) is 0.0414. The van der Waals surface area contributed by atoms with Gasteiger partial charge in [-0.1, -0.05) is 24.0 Å². The number of aromatic nitrogens is 3. The van der Waals surface area contributed by atoms with Gasteiger partial charge in [-0.15, -0.1) is 0 Å². The highest BCUT2D eigenvalue weighted by Crippen LogP contribution is 2.42. The summed E-state index contributed by atoms with van der Waals surface area (Å²) in [4.78, 5) is 62.2. The highest BCUT2D eigenvalue weighted by atomic mass is 19.4. The van der Waals surface area contributed by atoms with Gasteiger partial charge in [-0.3, -0.25) is 24.6 Å². The maximum Gasteiger partial charge on any atom is 0.407 e. The third-order valence-electron chi connectivity index (χ3n) is 14.4. The fourth-order valence-electron chi connectivity index (χ4n) is 8.75. The molecule has 4 aromatic rings. The number of anilines is 1. The normalized spacial score (nSPS) is 17.1. The van der Waals surface area contributed by atoms with Crippen molar-refractivity contribution in [2.24, 2.45) is 10.8 Å². The van der Waals surface area contributed by atoms with Crippen LogP contribution < -0.4 is 26.3 Å². The molecule has 4 heterocycles. The number of aliphatic hydroxyl groups is 1. The number of pyridine rings is 1. The van der Waals surface area contributed by atoms with Crippen LogP contribution in [0.2, 0.25) is 0 Å². The van der Waals surface area contributed by atoms with Crippen molar-refractivity contribution in [3.8, 4) is 23.1 Å². The molecule has 0 unspecified atom stereocenters. The Bertz CT molecular complexity index is 2840. The van der Waals surface area contributed by atoms with Crippen LogP contribution in [0, 0.1) is 34.3 Å². The van der Waals surface area contributed by atoms with Crippen LogP contribution in [0.4, 0.5) is 50.5 Å². The highest BCUT2D eigenvalue weighted by molar-refractivity contribution is 5.87. The van der Waals surface area contributed by atoms with Gasteiger partial charge in [0.05, 0.1) is 68.2 Å². The molecule has 2 aromatic heterocycles. The summed E-state index contributed by atoms with van der Waals surface area (Å²) in [6.07, 6.45) is -10.7. The molecule has 1 aliphatic carbocycles. The molecule has 2 aromatic carbocycles. The maximum atomic E-state index is 16.2. The minimum Gasteiger partial charge on any atom is -0.453 e. The molecular formula is C53H62F8N10O8. The first-order valence-corrected chi connectivity index (χ1v) is 25.2. The Balaban J connectivity index is 1.18. The number of rotatable bonds is 19. The lowest BCUT2D eigenvalue weighted by Crippen LogP contribution is -2.63. The molecule has 79 heavy (non-hydrogen) atoms. The van der Waals surface area contributed by atoms with Crippen molar-refractivity contribution < 1.29 is 73.6 Å². The van der Waals surface area contributed by atoms with Gasteiger partial charge >= 0.3 is 24.5 Å². The molecule has 2 saturated heterocycles. The number of benzene rings is 2. The van der Waals surface area contributed by atoms with Crippen LogP contribution in [-0.4, -0.2) is 157 Å².